The van der Waals surface area contributed by atoms with Gasteiger partial charge in [-0.2, -0.15) is 13.2 Å². The van der Waals surface area contributed by atoms with Gasteiger partial charge in [0.2, 0.25) is 0 Å². The second-order valence-corrected chi connectivity index (χ2v) is 7.49. The fourth-order valence-corrected chi connectivity index (χ4v) is 4.36. The lowest BCUT2D eigenvalue weighted by atomic mass is 9.85. The molecule has 27 heavy (non-hydrogen) atoms. The molecule has 150 valence electrons. The molecule has 0 bridgehead atoms. The molecule has 0 radical (unpaired) electrons. The van der Waals surface area contributed by atoms with Crippen molar-refractivity contribution in [3.8, 4) is 0 Å². The Labute approximate surface area is 158 Å². The highest BCUT2D eigenvalue weighted by atomic mass is 19.4. The van der Waals surface area contributed by atoms with Gasteiger partial charge in [-0.3, -0.25) is 4.79 Å². The van der Waals surface area contributed by atoms with E-state index in [1.807, 2.05) is 4.90 Å². The fraction of sp³-hybridized carbons (Fsp3) is 0.650. The Bertz CT molecular complexity index is 670. The number of alkyl halides is 3. The maximum atomic E-state index is 13.3. The molecule has 2 aliphatic rings. The van der Waals surface area contributed by atoms with Crippen molar-refractivity contribution in [2.24, 2.45) is 11.8 Å². The summed E-state index contributed by atoms with van der Waals surface area (Å²) in [4.78, 5) is 13.8. The first-order chi connectivity index (χ1) is 12.8. The highest BCUT2D eigenvalue weighted by molar-refractivity contribution is 5.73. The maximum absolute atomic E-state index is 13.3. The van der Waals surface area contributed by atoms with E-state index in [0.29, 0.717) is 37.5 Å². The van der Waals surface area contributed by atoms with Crippen LogP contribution < -0.4 is 10.2 Å². The average molecular weight is 384 g/mol. The van der Waals surface area contributed by atoms with Crippen molar-refractivity contribution in [2.45, 2.75) is 38.3 Å². The number of piperidine rings is 1. The number of hydrogen-bond acceptors (Lipinski definition) is 4. The summed E-state index contributed by atoms with van der Waals surface area (Å²) in [5, 5.41) is 3.37. The van der Waals surface area contributed by atoms with Gasteiger partial charge in [-0.05, 0) is 43.0 Å². The zero-order valence-electron chi connectivity index (χ0n) is 15.8. The molecule has 0 saturated carbocycles. The zero-order valence-corrected chi connectivity index (χ0v) is 15.8. The van der Waals surface area contributed by atoms with Gasteiger partial charge in [0.05, 0.1) is 18.6 Å². The molecule has 7 heteroatoms. The highest BCUT2D eigenvalue weighted by Crippen LogP contribution is 2.41. The molecular weight excluding hydrogens is 357 g/mol. The number of carbonyl (C=O) groups excluding carboxylic acids is 1. The van der Waals surface area contributed by atoms with E-state index in [-0.39, 0.29) is 17.8 Å². The van der Waals surface area contributed by atoms with Crippen molar-refractivity contribution in [1.29, 1.82) is 0 Å². The third-order valence-electron chi connectivity index (χ3n) is 5.99. The lowest BCUT2D eigenvalue weighted by molar-refractivity contribution is -0.146. The number of carbonyl (C=O) groups is 1. The predicted molar refractivity (Wildman–Crippen MR) is 97.8 cm³/mol. The smallest absolute Gasteiger partial charge is 0.416 e. The summed E-state index contributed by atoms with van der Waals surface area (Å²) in [7, 11) is 1.37. The van der Waals surface area contributed by atoms with E-state index in [0.717, 1.165) is 25.1 Å². The quantitative estimate of drug-likeness (QED) is 0.802. The average Bonchev–Trinajstić information content (AvgIpc) is 3.15. The molecule has 1 N–H and O–H groups in total. The van der Waals surface area contributed by atoms with Crippen LogP contribution >= 0.6 is 0 Å². The minimum Gasteiger partial charge on any atom is -0.469 e. The van der Waals surface area contributed by atoms with E-state index in [9.17, 15) is 18.0 Å². The summed E-state index contributed by atoms with van der Waals surface area (Å²) in [6.45, 7) is 4.92. The van der Waals surface area contributed by atoms with Crippen molar-refractivity contribution >= 4 is 11.7 Å². The third kappa shape index (κ3) is 4.23. The van der Waals surface area contributed by atoms with Crippen LogP contribution in [0, 0.1) is 11.8 Å². The number of esters is 1. The van der Waals surface area contributed by atoms with Crippen LogP contribution in [0.15, 0.2) is 18.2 Å². The number of nitrogens with one attached hydrogen (secondary N) is 1. The lowest BCUT2D eigenvalue weighted by Gasteiger charge is -2.35. The second-order valence-electron chi connectivity index (χ2n) is 7.49. The van der Waals surface area contributed by atoms with Crippen LogP contribution in [0.3, 0.4) is 0 Å². The molecule has 2 heterocycles. The SMILES string of the molecule is CCC1CNCC1c1ccc(C(F)(F)F)cc1N1CCC(C(=O)OC)CC1. The van der Waals surface area contributed by atoms with Crippen molar-refractivity contribution < 1.29 is 22.7 Å². The molecule has 1 aromatic carbocycles. The number of anilines is 1. The Balaban J connectivity index is 1.90. The Morgan fingerprint density at radius 1 is 1.26 bits per heavy atom. The summed E-state index contributed by atoms with van der Waals surface area (Å²) in [6.07, 6.45) is -2.18. The lowest BCUT2D eigenvalue weighted by Crippen LogP contribution is -2.37. The van der Waals surface area contributed by atoms with Crippen molar-refractivity contribution in [3.05, 3.63) is 29.3 Å². The number of hydrogen-bond donors (Lipinski definition) is 1. The molecule has 3 rings (SSSR count). The maximum Gasteiger partial charge on any atom is 0.416 e. The summed E-state index contributed by atoms with van der Waals surface area (Å²) in [6, 6.07) is 4.15. The topological polar surface area (TPSA) is 41.6 Å². The summed E-state index contributed by atoms with van der Waals surface area (Å²) in [5.74, 6) is 0.237. The van der Waals surface area contributed by atoms with E-state index < -0.39 is 11.7 Å². The number of nitrogens with zero attached hydrogens (tertiary/aromatic N) is 1. The van der Waals surface area contributed by atoms with Gasteiger partial charge in [0, 0.05) is 31.2 Å². The largest absolute Gasteiger partial charge is 0.469 e. The Morgan fingerprint density at radius 3 is 2.56 bits per heavy atom. The first-order valence-corrected chi connectivity index (χ1v) is 9.59. The number of benzene rings is 1. The van der Waals surface area contributed by atoms with Gasteiger partial charge in [-0.15, -0.1) is 0 Å². The van der Waals surface area contributed by atoms with Crippen LogP contribution in [-0.2, 0) is 15.7 Å². The van der Waals surface area contributed by atoms with E-state index in [1.165, 1.54) is 19.2 Å². The normalized spacial score (nSPS) is 24.3. The standard InChI is InChI=1S/C20H27F3N2O2/c1-3-13-11-24-12-17(13)16-5-4-15(20(21,22)23)10-18(16)25-8-6-14(7-9-25)19(26)27-2/h4-5,10,13-14,17,24H,3,6-9,11-12H2,1-2H3. The van der Waals surface area contributed by atoms with Crippen LogP contribution in [-0.4, -0.2) is 39.3 Å². The zero-order chi connectivity index (χ0) is 19.6. The van der Waals surface area contributed by atoms with Crippen LogP contribution in [0.4, 0.5) is 18.9 Å². The Hall–Kier alpha value is -1.76. The summed E-state index contributed by atoms with van der Waals surface area (Å²) in [5.41, 5.74) is 1.03. The second kappa shape index (κ2) is 8.09. The van der Waals surface area contributed by atoms with Gasteiger partial charge < -0.3 is 15.0 Å². The van der Waals surface area contributed by atoms with E-state index in [1.54, 1.807) is 6.07 Å². The molecule has 0 amide bonds. The van der Waals surface area contributed by atoms with Crippen LogP contribution in [0.1, 0.15) is 43.2 Å². The molecule has 4 nitrogen and oxygen atoms in total. The number of halogens is 3. The number of methoxy groups -OCH3 is 1. The number of ether oxygens (including phenoxy) is 1. The monoisotopic (exact) mass is 384 g/mol. The first kappa shape index (κ1) is 20.0. The molecule has 0 spiro atoms. The molecule has 2 unspecified atom stereocenters. The molecule has 2 fully saturated rings. The van der Waals surface area contributed by atoms with E-state index in [2.05, 4.69) is 12.2 Å². The van der Waals surface area contributed by atoms with Crippen LogP contribution in [0.25, 0.3) is 0 Å². The van der Waals surface area contributed by atoms with Crippen molar-refractivity contribution in [2.75, 3.05) is 38.2 Å². The van der Waals surface area contributed by atoms with Crippen molar-refractivity contribution in [3.63, 3.8) is 0 Å². The Kier molecular flexibility index (Phi) is 5.99. The molecule has 0 aromatic heterocycles. The van der Waals surface area contributed by atoms with Crippen LogP contribution in [0.5, 0.6) is 0 Å². The van der Waals surface area contributed by atoms with E-state index >= 15 is 0 Å². The fourth-order valence-electron chi connectivity index (χ4n) is 4.36. The van der Waals surface area contributed by atoms with Crippen LogP contribution in [0.2, 0.25) is 0 Å². The molecular formula is C20H27F3N2O2. The predicted octanol–water partition coefficient (Wildman–Crippen LogP) is 3.81. The van der Waals surface area contributed by atoms with E-state index in [4.69, 9.17) is 4.74 Å². The van der Waals surface area contributed by atoms with Gasteiger partial charge in [-0.25, -0.2) is 0 Å². The third-order valence-corrected chi connectivity index (χ3v) is 5.99. The minimum atomic E-state index is -4.37. The minimum absolute atomic E-state index is 0.169. The molecule has 2 atom stereocenters. The molecule has 1 aromatic rings. The number of rotatable bonds is 4. The molecule has 2 saturated heterocycles. The van der Waals surface area contributed by atoms with Gasteiger partial charge in [0.1, 0.15) is 0 Å². The Morgan fingerprint density at radius 2 is 1.96 bits per heavy atom. The van der Waals surface area contributed by atoms with Gasteiger partial charge >= 0.3 is 12.1 Å². The van der Waals surface area contributed by atoms with Gasteiger partial charge in [-0.1, -0.05) is 19.4 Å². The van der Waals surface area contributed by atoms with Gasteiger partial charge in [0.25, 0.3) is 0 Å². The molecule has 2 aliphatic heterocycles. The van der Waals surface area contributed by atoms with Crippen molar-refractivity contribution in [1.82, 2.24) is 5.32 Å². The first-order valence-electron chi connectivity index (χ1n) is 9.59. The summed E-state index contributed by atoms with van der Waals surface area (Å²) >= 11 is 0. The summed E-state index contributed by atoms with van der Waals surface area (Å²) < 4.78 is 44.7. The molecule has 0 aliphatic carbocycles. The van der Waals surface area contributed by atoms with Gasteiger partial charge in [0.15, 0.2) is 0 Å². The highest BCUT2D eigenvalue weighted by Gasteiger charge is 2.36.